The summed E-state index contributed by atoms with van der Waals surface area (Å²) in [6, 6.07) is 1.83. The minimum atomic E-state index is -3.52. The fourth-order valence-electron chi connectivity index (χ4n) is 2.37. The first kappa shape index (κ1) is 17.0. The van der Waals surface area contributed by atoms with Gasteiger partial charge in [-0.3, -0.25) is 0 Å². The van der Waals surface area contributed by atoms with Crippen LogP contribution in [0.3, 0.4) is 0 Å². The second-order valence-electron chi connectivity index (χ2n) is 5.28. The van der Waals surface area contributed by atoms with Crippen LogP contribution in [0.15, 0.2) is 11.0 Å². The van der Waals surface area contributed by atoms with Crippen molar-refractivity contribution in [2.45, 2.75) is 30.9 Å². The van der Waals surface area contributed by atoms with Crippen LogP contribution in [-0.2, 0) is 10.0 Å². The van der Waals surface area contributed by atoms with E-state index in [4.69, 9.17) is 5.73 Å². The molecule has 1 aromatic carbocycles. The molecule has 0 bridgehead atoms. The number of rotatable bonds is 4. The fourth-order valence-corrected chi connectivity index (χ4v) is 6.74. The summed E-state index contributed by atoms with van der Waals surface area (Å²) in [5.41, 5.74) is 8.77. The van der Waals surface area contributed by atoms with Gasteiger partial charge in [0.05, 0.1) is 4.90 Å². The van der Waals surface area contributed by atoms with E-state index in [1.807, 2.05) is 43.4 Å². The Kier molecular flexibility index (Phi) is 5.51. The van der Waals surface area contributed by atoms with Crippen LogP contribution >= 0.6 is 23.5 Å². The Hall–Kier alpha value is -0.370. The van der Waals surface area contributed by atoms with Crippen LogP contribution in [0.25, 0.3) is 0 Å². The van der Waals surface area contributed by atoms with Crippen LogP contribution in [0, 0.1) is 20.8 Å². The van der Waals surface area contributed by atoms with Crippen molar-refractivity contribution in [2.24, 2.45) is 0 Å². The molecule has 0 radical (unpaired) electrons. The molecule has 0 amide bonds. The maximum absolute atomic E-state index is 12.6. The standard InChI is InChI=1S/C14H22N2O2S3/c1-9-6-13(15)11(3)14(10(9)2)21(17,18)16-7-12-8-19-4-5-20-12/h6,12,16H,4-5,7-8,15H2,1-3H3. The number of nitrogens with one attached hydrogen (secondary N) is 1. The number of thioether (sulfide) groups is 2. The van der Waals surface area contributed by atoms with Crippen LogP contribution in [-0.4, -0.2) is 37.5 Å². The van der Waals surface area contributed by atoms with Gasteiger partial charge in [-0.1, -0.05) is 0 Å². The lowest BCUT2D eigenvalue weighted by Crippen LogP contribution is -2.34. The SMILES string of the molecule is Cc1cc(N)c(C)c(S(=O)(=O)NCC2CSCCS2)c1C. The number of nitrogen functional groups attached to an aromatic ring is 1. The van der Waals surface area contributed by atoms with Gasteiger partial charge in [0.2, 0.25) is 10.0 Å². The molecule has 1 aliphatic rings. The number of aryl methyl sites for hydroxylation is 1. The first-order valence-electron chi connectivity index (χ1n) is 6.88. The van der Waals surface area contributed by atoms with Gasteiger partial charge in [0, 0.05) is 34.7 Å². The van der Waals surface area contributed by atoms with Crippen molar-refractivity contribution in [2.75, 3.05) is 29.5 Å². The number of hydrogen-bond acceptors (Lipinski definition) is 5. The van der Waals surface area contributed by atoms with Crippen molar-refractivity contribution >= 4 is 39.2 Å². The van der Waals surface area contributed by atoms with E-state index in [0.717, 1.165) is 28.4 Å². The Morgan fingerprint density at radius 1 is 1.29 bits per heavy atom. The van der Waals surface area contributed by atoms with Gasteiger partial charge in [-0.25, -0.2) is 13.1 Å². The third kappa shape index (κ3) is 3.88. The van der Waals surface area contributed by atoms with Gasteiger partial charge >= 0.3 is 0 Å². The highest BCUT2D eigenvalue weighted by Crippen LogP contribution is 2.28. The summed E-state index contributed by atoms with van der Waals surface area (Å²) < 4.78 is 28.0. The van der Waals surface area contributed by atoms with Crippen LogP contribution in [0.5, 0.6) is 0 Å². The van der Waals surface area contributed by atoms with Gasteiger partial charge < -0.3 is 5.73 Å². The van der Waals surface area contributed by atoms with E-state index in [9.17, 15) is 8.42 Å². The maximum atomic E-state index is 12.6. The number of hydrogen-bond donors (Lipinski definition) is 2. The predicted molar refractivity (Wildman–Crippen MR) is 93.8 cm³/mol. The molecule has 1 unspecified atom stereocenters. The Morgan fingerprint density at radius 3 is 2.62 bits per heavy atom. The molecule has 2 rings (SSSR count). The molecule has 0 aliphatic carbocycles. The van der Waals surface area contributed by atoms with E-state index >= 15 is 0 Å². The molecule has 3 N–H and O–H groups in total. The van der Waals surface area contributed by atoms with E-state index in [-0.39, 0.29) is 0 Å². The average molecular weight is 347 g/mol. The van der Waals surface area contributed by atoms with Crippen molar-refractivity contribution in [3.05, 3.63) is 22.8 Å². The molecule has 1 heterocycles. The summed E-state index contributed by atoms with van der Waals surface area (Å²) in [6.45, 7) is 5.97. The summed E-state index contributed by atoms with van der Waals surface area (Å²) in [5, 5.41) is 0.348. The molecule has 1 aliphatic heterocycles. The zero-order chi connectivity index (χ0) is 15.6. The van der Waals surface area contributed by atoms with E-state index in [2.05, 4.69) is 4.72 Å². The van der Waals surface area contributed by atoms with E-state index in [1.165, 1.54) is 0 Å². The monoisotopic (exact) mass is 346 g/mol. The topological polar surface area (TPSA) is 72.2 Å². The summed E-state index contributed by atoms with van der Waals surface area (Å²) in [7, 11) is -3.52. The van der Waals surface area contributed by atoms with E-state index in [1.54, 1.807) is 6.92 Å². The fraction of sp³-hybridized carbons (Fsp3) is 0.571. The summed E-state index contributed by atoms with van der Waals surface area (Å²) in [5.74, 6) is 3.24. The highest BCUT2D eigenvalue weighted by Gasteiger charge is 2.24. The lowest BCUT2D eigenvalue weighted by Gasteiger charge is -2.22. The van der Waals surface area contributed by atoms with Crippen LogP contribution in [0.4, 0.5) is 5.69 Å². The van der Waals surface area contributed by atoms with E-state index < -0.39 is 10.0 Å². The van der Waals surface area contributed by atoms with Gasteiger partial charge in [0.15, 0.2) is 0 Å². The molecule has 0 aromatic heterocycles. The molecule has 7 heteroatoms. The molecule has 1 fully saturated rings. The van der Waals surface area contributed by atoms with Crippen molar-refractivity contribution in [1.29, 1.82) is 0 Å². The van der Waals surface area contributed by atoms with Crippen molar-refractivity contribution in [1.82, 2.24) is 4.72 Å². The summed E-state index contributed by atoms with van der Waals surface area (Å²) >= 11 is 3.73. The third-order valence-electron chi connectivity index (χ3n) is 3.73. The van der Waals surface area contributed by atoms with Gasteiger partial charge in [-0.2, -0.15) is 23.5 Å². The smallest absolute Gasteiger partial charge is 0.241 e. The molecule has 1 atom stereocenters. The number of anilines is 1. The van der Waals surface area contributed by atoms with Crippen LogP contribution < -0.4 is 10.5 Å². The molecule has 0 spiro atoms. The molecule has 118 valence electrons. The van der Waals surface area contributed by atoms with Crippen molar-refractivity contribution in [3.63, 3.8) is 0 Å². The molecular formula is C14H22N2O2S3. The van der Waals surface area contributed by atoms with Crippen molar-refractivity contribution in [3.8, 4) is 0 Å². The summed E-state index contributed by atoms with van der Waals surface area (Å²) in [4.78, 5) is 0.341. The summed E-state index contributed by atoms with van der Waals surface area (Å²) in [6.07, 6.45) is 0. The Bertz CT molecular complexity index is 597. The van der Waals surface area contributed by atoms with E-state index in [0.29, 0.717) is 27.9 Å². The highest BCUT2D eigenvalue weighted by molar-refractivity contribution is 8.06. The molecule has 1 saturated heterocycles. The average Bonchev–Trinajstić information content (AvgIpc) is 2.44. The Morgan fingerprint density at radius 2 is 2.00 bits per heavy atom. The molecule has 0 saturated carbocycles. The number of nitrogens with two attached hydrogens (primary N) is 1. The molecule has 4 nitrogen and oxygen atoms in total. The number of sulfonamides is 1. The zero-order valence-corrected chi connectivity index (χ0v) is 15.1. The van der Waals surface area contributed by atoms with Gasteiger partial charge in [0.25, 0.3) is 0 Å². The lowest BCUT2D eigenvalue weighted by molar-refractivity contribution is 0.580. The quantitative estimate of drug-likeness (QED) is 0.819. The second-order valence-corrected chi connectivity index (χ2v) is 9.54. The maximum Gasteiger partial charge on any atom is 0.241 e. The van der Waals surface area contributed by atoms with Gasteiger partial charge in [0.1, 0.15) is 0 Å². The molecule has 1 aromatic rings. The second kappa shape index (κ2) is 6.81. The van der Waals surface area contributed by atoms with Gasteiger partial charge in [-0.05, 0) is 43.5 Å². The number of benzene rings is 1. The van der Waals surface area contributed by atoms with Crippen LogP contribution in [0.2, 0.25) is 0 Å². The zero-order valence-electron chi connectivity index (χ0n) is 12.6. The first-order chi connectivity index (χ1) is 9.83. The first-order valence-corrected chi connectivity index (χ1v) is 10.6. The Balaban J connectivity index is 2.23. The molecular weight excluding hydrogens is 324 g/mol. The minimum Gasteiger partial charge on any atom is -0.398 e. The molecule has 21 heavy (non-hydrogen) atoms. The van der Waals surface area contributed by atoms with Crippen molar-refractivity contribution < 1.29 is 8.42 Å². The largest absolute Gasteiger partial charge is 0.398 e. The third-order valence-corrected chi connectivity index (χ3v) is 8.27. The van der Waals surface area contributed by atoms with Crippen LogP contribution in [0.1, 0.15) is 16.7 Å². The minimum absolute atomic E-state index is 0.341. The Labute approximate surface area is 135 Å². The normalized spacial score (nSPS) is 19.7. The predicted octanol–water partition coefficient (Wildman–Crippen LogP) is 2.32. The van der Waals surface area contributed by atoms with Gasteiger partial charge in [-0.15, -0.1) is 0 Å². The highest BCUT2D eigenvalue weighted by atomic mass is 32.2. The lowest BCUT2D eigenvalue weighted by atomic mass is 10.1.